The topological polar surface area (TPSA) is 21.3 Å². The van der Waals surface area contributed by atoms with Crippen molar-refractivity contribution in [2.75, 3.05) is 19.7 Å². The van der Waals surface area contributed by atoms with Gasteiger partial charge in [0, 0.05) is 6.54 Å². The van der Waals surface area contributed by atoms with Crippen molar-refractivity contribution in [2.45, 2.75) is 39.0 Å². The van der Waals surface area contributed by atoms with Crippen molar-refractivity contribution >= 4 is 0 Å². The van der Waals surface area contributed by atoms with Crippen LogP contribution in [0, 0.1) is 0 Å². The number of hydrogen-bond acceptors (Lipinski definition) is 2. The van der Waals surface area contributed by atoms with Crippen LogP contribution in [0.1, 0.15) is 39.2 Å². The molecule has 1 aliphatic heterocycles. The molecule has 0 radical (unpaired) electrons. The molecule has 0 aromatic heterocycles. The van der Waals surface area contributed by atoms with Crippen LogP contribution >= 0.6 is 0 Å². The van der Waals surface area contributed by atoms with E-state index in [2.05, 4.69) is 56.4 Å². The Kier molecular flexibility index (Phi) is 4.65. The van der Waals surface area contributed by atoms with E-state index in [9.17, 15) is 0 Å². The molecule has 0 unspecified atom stereocenters. The first-order valence-electron chi connectivity index (χ1n) is 7.24. The number of nitrogens with one attached hydrogen (secondary N) is 1. The number of benzene rings is 1. The van der Waals surface area contributed by atoms with Gasteiger partial charge in [-0.2, -0.15) is 0 Å². The van der Waals surface area contributed by atoms with Gasteiger partial charge in [0.15, 0.2) is 0 Å². The smallest absolute Gasteiger partial charge is 0.119 e. The van der Waals surface area contributed by atoms with E-state index in [1.54, 1.807) is 0 Å². The van der Waals surface area contributed by atoms with E-state index >= 15 is 0 Å². The summed E-state index contributed by atoms with van der Waals surface area (Å²) in [5.41, 5.74) is 3.02. The Hall–Kier alpha value is -1.28. The Bertz CT molecular complexity index is 431. The largest absolute Gasteiger partial charge is 0.489 e. The average molecular weight is 259 g/mol. The Morgan fingerprint density at radius 2 is 1.95 bits per heavy atom. The summed E-state index contributed by atoms with van der Waals surface area (Å²) >= 11 is 0. The van der Waals surface area contributed by atoms with Gasteiger partial charge in [0.25, 0.3) is 0 Å². The third kappa shape index (κ3) is 3.84. The van der Waals surface area contributed by atoms with Crippen LogP contribution in [0.15, 0.2) is 35.9 Å². The zero-order valence-electron chi connectivity index (χ0n) is 12.3. The molecular formula is C17H25NO. The van der Waals surface area contributed by atoms with Crippen LogP contribution in [-0.2, 0) is 5.41 Å². The van der Waals surface area contributed by atoms with Crippen molar-refractivity contribution in [1.29, 1.82) is 0 Å². The maximum atomic E-state index is 5.85. The summed E-state index contributed by atoms with van der Waals surface area (Å²) in [6.45, 7) is 9.55. The first-order valence-corrected chi connectivity index (χ1v) is 7.24. The minimum atomic E-state index is 0.246. The van der Waals surface area contributed by atoms with Gasteiger partial charge in [-0.1, -0.05) is 39.0 Å². The molecule has 0 atom stereocenters. The van der Waals surface area contributed by atoms with E-state index in [1.165, 1.54) is 11.1 Å². The molecule has 1 aromatic carbocycles. The van der Waals surface area contributed by atoms with E-state index in [0.717, 1.165) is 38.3 Å². The molecule has 1 aromatic rings. The fourth-order valence-electron chi connectivity index (χ4n) is 2.18. The zero-order chi connectivity index (χ0) is 13.7. The van der Waals surface area contributed by atoms with Crippen LogP contribution in [-0.4, -0.2) is 19.7 Å². The summed E-state index contributed by atoms with van der Waals surface area (Å²) < 4.78 is 5.85. The monoisotopic (exact) mass is 259 g/mol. The molecule has 19 heavy (non-hydrogen) atoms. The Balaban J connectivity index is 1.93. The van der Waals surface area contributed by atoms with E-state index in [4.69, 9.17) is 4.74 Å². The van der Waals surface area contributed by atoms with Crippen molar-refractivity contribution < 1.29 is 4.74 Å². The van der Waals surface area contributed by atoms with Gasteiger partial charge in [-0.15, -0.1) is 0 Å². The van der Waals surface area contributed by atoms with E-state index in [-0.39, 0.29) is 5.41 Å². The van der Waals surface area contributed by atoms with Crippen LogP contribution in [0.25, 0.3) is 0 Å². The predicted octanol–water partition coefficient (Wildman–Crippen LogP) is 3.67. The SMILES string of the molecule is CCC(C)(C)c1ccc(OCC2=CCNCC2)cc1. The Labute approximate surface area is 116 Å². The molecule has 0 aliphatic carbocycles. The maximum Gasteiger partial charge on any atom is 0.119 e. The lowest BCUT2D eigenvalue weighted by Crippen LogP contribution is -2.22. The van der Waals surface area contributed by atoms with Crippen molar-refractivity contribution in [3.8, 4) is 5.75 Å². The van der Waals surface area contributed by atoms with E-state index in [0.29, 0.717) is 0 Å². The van der Waals surface area contributed by atoms with Crippen LogP contribution in [0.4, 0.5) is 0 Å². The highest BCUT2D eigenvalue weighted by Gasteiger charge is 2.17. The fourth-order valence-corrected chi connectivity index (χ4v) is 2.18. The van der Waals surface area contributed by atoms with Crippen LogP contribution in [0.3, 0.4) is 0 Å². The molecule has 0 amide bonds. The highest BCUT2D eigenvalue weighted by atomic mass is 16.5. The summed E-state index contributed by atoms with van der Waals surface area (Å²) in [5, 5.41) is 3.31. The average Bonchev–Trinajstić information content (AvgIpc) is 2.47. The molecule has 1 heterocycles. The minimum Gasteiger partial charge on any atom is -0.489 e. The van der Waals surface area contributed by atoms with Gasteiger partial charge in [-0.05, 0) is 48.1 Å². The maximum absolute atomic E-state index is 5.85. The lowest BCUT2D eigenvalue weighted by Gasteiger charge is -2.23. The molecule has 0 bridgehead atoms. The van der Waals surface area contributed by atoms with Crippen LogP contribution in [0.5, 0.6) is 5.75 Å². The predicted molar refractivity (Wildman–Crippen MR) is 80.8 cm³/mol. The lowest BCUT2D eigenvalue weighted by molar-refractivity contribution is 0.344. The highest BCUT2D eigenvalue weighted by Crippen LogP contribution is 2.28. The second-order valence-electron chi connectivity index (χ2n) is 5.87. The number of hydrogen-bond donors (Lipinski definition) is 1. The van der Waals surface area contributed by atoms with Gasteiger partial charge in [-0.25, -0.2) is 0 Å². The fraction of sp³-hybridized carbons (Fsp3) is 0.529. The summed E-state index contributed by atoms with van der Waals surface area (Å²) in [5.74, 6) is 0.968. The molecule has 104 valence electrons. The Morgan fingerprint density at radius 3 is 2.53 bits per heavy atom. The summed E-state index contributed by atoms with van der Waals surface area (Å²) in [6.07, 6.45) is 4.48. The second kappa shape index (κ2) is 6.25. The molecule has 2 rings (SSSR count). The third-order valence-corrected chi connectivity index (χ3v) is 4.10. The Morgan fingerprint density at radius 1 is 1.21 bits per heavy atom. The minimum absolute atomic E-state index is 0.246. The van der Waals surface area contributed by atoms with E-state index in [1.807, 2.05) is 0 Å². The molecule has 2 nitrogen and oxygen atoms in total. The van der Waals surface area contributed by atoms with Crippen molar-refractivity contribution in [1.82, 2.24) is 5.32 Å². The standard InChI is InChI=1S/C17H25NO/c1-4-17(2,3)15-5-7-16(8-6-15)19-13-14-9-11-18-12-10-14/h5-9,18H,4,10-13H2,1-3H3. The first kappa shape index (κ1) is 14.1. The van der Waals surface area contributed by atoms with E-state index < -0.39 is 0 Å². The summed E-state index contributed by atoms with van der Waals surface area (Å²) in [6, 6.07) is 8.56. The summed E-state index contributed by atoms with van der Waals surface area (Å²) in [4.78, 5) is 0. The molecule has 1 aliphatic rings. The number of ether oxygens (including phenoxy) is 1. The van der Waals surface area contributed by atoms with Crippen molar-refractivity contribution in [3.63, 3.8) is 0 Å². The number of rotatable bonds is 5. The lowest BCUT2D eigenvalue weighted by atomic mass is 9.82. The van der Waals surface area contributed by atoms with Crippen molar-refractivity contribution in [2.24, 2.45) is 0 Å². The highest BCUT2D eigenvalue weighted by molar-refractivity contribution is 5.31. The van der Waals surface area contributed by atoms with Crippen molar-refractivity contribution in [3.05, 3.63) is 41.5 Å². The first-order chi connectivity index (χ1) is 9.12. The van der Waals surface area contributed by atoms with Gasteiger partial charge < -0.3 is 10.1 Å². The van der Waals surface area contributed by atoms with Gasteiger partial charge in [0.2, 0.25) is 0 Å². The molecule has 0 saturated carbocycles. The second-order valence-corrected chi connectivity index (χ2v) is 5.87. The zero-order valence-corrected chi connectivity index (χ0v) is 12.3. The molecule has 1 N–H and O–H groups in total. The summed E-state index contributed by atoms with van der Waals surface area (Å²) in [7, 11) is 0. The van der Waals surface area contributed by atoms with Gasteiger partial charge in [0.05, 0.1) is 0 Å². The normalized spacial score (nSPS) is 16.1. The van der Waals surface area contributed by atoms with Gasteiger partial charge in [-0.3, -0.25) is 0 Å². The van der Waals surface area contributed by atoms with Gasteiger partial charge in [0.1, 0.15) is 12.4 Å². The van der Waals surface area contributed by atoms with Gasteiger partial charge >= 0.3 is 0 Å². The molecular weight excluding hydrogens is 234 g/mol. The molecule has 0 saturated heterocycles. The molecule has 2 heteroatoms. The molecule has 0 spiro atoms. The quantitative estimate of drug-likeness (QED) is 0.815. The van der Waals surface area contributed by atoms with Crippen LogP contribution < -0.4 is 10.1 Å². The van der Waals surface area contributed by atoms with Crippen LogP contribution in [0.2, 0.25) is 0 Å². The third-order valence-electron chi connectivity index (χ3n) is 4.10. The molecule has 0 fully saturated rings.